The first-order chi connectivity index (χ1) is 20.1. The summed E-state index contributed by atoms with van der Waals surface area (Å²) in [7, 11) is 0. The molecule has 42 heavy (non-hydrogen) atoms. The van der Waals surface area contributed by atoms with Crippen LogP contribution in [0.1, 0.15) is 51.5 Å². The molecular weight excluding hydrogens is 536 g/mol. The van der Waals surface area contributed by atoms with Gasteiger partial charge in [-0.1, -0.05) is 44.2 Å². The van der Waals surface area contributed by atoms with E-state index in [1.54, 1.807) is 0 Å². The Kier molecular flexibility index (Phi) is 11.3. The van der Waals surface area contributed by atoms with Gasteiger partial charge >= 0.3 is 0 Å². The zero-order valence-corrected chi connectivity index (χ0v) is 25.1. The average Bonchev–Trinajstić information content (AvgIpc) is 2.97. The molecule has 0 bridgehead atoms. The predicted octanol–water partition coefficient (Wildman–Crippen LogP) is 0.423. The molecule has 1 aromatic carbocycles. The molecule has 3 aliphatic rings. The van der Waals surface area contributed by atoms with E-state index in [9.17, 15) is 19.2 Å². The lowest BCUT2D eigenvalue weighted by Gasteiger charge is -2.55. The highest BCUT2D eigenvalue weighted by Crippen LogP contribution is 2.41. The van der Waals surface area contributed by atoms with Crippen molar-refractivity contribution in [1.29, 1.82) is 0 Å². The fourth-order valence-electron chi connectivity index (χ4n) is 6.28. The number of carbonyl (C=O) groups excluding carboxylic acids is 4. The molecule has 3 saturated heterocycles. The van der Waals surface area contributed by atoms with Crippen LogP contribution in [0.2, 0.25) is 0 Å². The van der Waals surface area contributed by atoms with E-state index in [0.29, 0.717) is 18.9 Å². The highest BCUT2D eigenvalue weighted by molar-refractivity contribution is 5.92. The minimum absolute atomic E-state index is 0.0986. The van der Waals surface area contributed by atoms with E-state index >= 15 is 0 Å². The van der Waals surface area contributed by atoms with Crippen LogP contribution in [0.25, 0.3) is 0 Å². The Bertz CT molecular complexity index is 1060. The molecule has 3 fully saturated rings. The van der Waals surface area contributed by atoms with Gasteiger partial charge in [0.25, 0.3) is 0 Å². The minimum Gasteiger partial charge on any atom is -0.381 e. The maximum absolute atomic E-state index is 13.0. The van der Waals surface area contributed by atoms with Crippen LogP contribution in [0.15, 0.2) is 30.3 Å². The third-order valence-electron chi connectivity index (χ3n) is 8.80. The van der Waals surface area contributed by atoms with E-state index in [2.05, 4.69) is 20.9 Å². The van der Waals surface area contributed by atoms with Gasteiger partial charge in [0.2, 0.25) is 23.6 Å². The Labute approximate surface area is 249 Å². The standard InChI is InChI=1S/C31H48N6O5/c1-22(2)16-26(35-27(38)18-33-29(40)25(32)17-23-6-4-3-5-7-23)30(41)34-19-28(39)37-20-31(21-37)10-12-36(13-11-31)24-8-14-42-15-9-24/h3-7,22,24-26H,8-21,32H2,1-2H3,(H,33,40)(H,34,41)(H,35,38). The molecule has 4 amide bonds. The number of carbonyl (C=O) groups is 4. The molecule has 0 radical (unpaired) electrons. The van der Waals surface area contributed by atoms with Gasteiger partial charge in [-0.05, 0) is 63.1 Å². The number of rotatable bonds is 12. The normalized spacial score (nSPS) is 20.4. The van der Waals surface area contributed by atoms with Crippen LogP contribution in [-0.4, -0.2) is 104 Å². The van der Waals surface area contributed by atoms with Crippen LogP contribution in [0, 0.1) is 11.3 Å². The van der Waals surface area contributed by atoms with Gasteiger partial charge < -0.3 is 36.2 Å². The molecule has 0 saturated carbocycles. The van der Waals surface area contributed by atoms with Crippen molar-refractivity contribution in [2.24, 2.45) is 17.1 Å². The smallest absolute Gasteiger partial charge is 0.243 e. The van der Waals surface area contributed by atoms with E-state index < -0.39 is 29.8 Å². The van der Waals surface area contributed by atoms with E-state index in [1.807, 2.05) is 49.1 Å². The second-order valence-corrected chi connectivity index (χ2v) is 12.6. The SMILES string of the molecule is CC(C)CC(NC(=O)CNC(=O)C(N)Cc1ccccc1)C(=O)NCC(=O)N1CC2(CCN(C3CCOCC3)CC2)C1. The first kappa shape index (κ1) is 31.9. The number of benzene rings is 1. The predicted molar refractivity (Wildman–Crippen MR) is 159 cm³/mol. The van der Waals surface area contributed by atoms with Crippen molar-refractivity contribution in [2.75, 3.05) is 52.5 Å². The molecule has 3 heterocycles. The average molecular weight is 585 g/mol. The molecule has 4 rings (SSSR count). The summed E-state index contributed by atoms with van der Waals surface area (Å²) < 4.78 is 5.50. The molecular formula is C31H48N6O5. The van der Waals surface area contributed by atoms with Crippen molar-refractivity contribution < 1.29 is 23.9 Å². The van der Waals surface area contributed by atoms with Gasteiger partial charge in [-0.25, -0.2) is 0 Å². The summed E-state index contributed by atoms with van der Waals surface area (Å²) in [6.45, 7) is 8.83. The second kappa shape index (κ2) is 14.9. The molecule has 11 nitrogen and oxygen atoms in total. The number of nitrogens with one attached hydrogen (secondary N) is 3. The van der Waals surface area contributed by atoms with Crippen molar-refractivity contribution in [3.05, 3.63) is 35.9 Å². The molecule has 0 aliphatic carbocycles. The number of ether oxygens (including phenoxy) is 1. The van der Waals surface area contributed by atoms with Gasteiger partial charge in [-0.3, -0.25) is 19.2 Å². The van der Waals surface area contributed by atoms with Crippen molar-refractivity contribution in [2.45, 2.75) is 70.5 Å². The van der Waals surface area contributed by atoms with E-state index in [-0.39, 0.29) is 30.3 Å². The summed E-state index contributed by atoms with van der Waals surface area (Å²) in [5.41, 5.74) is 7.12. The lowest BCUT2D eigenvalue weighted by molar-refractivity contribution is -0.147. The zero-order valence-electron chi connectivity index (χ0n) is 25.1. The molecule has 2 unspecified atom stereocenters. The Hall–Kier alpha value is -3.02. The number of hydrogen-bond acceptors (Lipinski definition) is 7. The van der Waals surface area contributed by atoms with Gasteiger partial charge in [0.1, 0.15) is 6.04 Å². The number of nitrogens with two attached hydrogens (primary N) is 1. The lowest BCUT2D eigenvalue weighted by atomic mass is 9.71. The first-order valence-electron chi connectivity index (χ1n) is 15.4. The Morgan fingerprint density at radius 2 is 1.62 bits per heavy atom. The highest BCUT2D eigenvalue weighted by atomic mass is 16.5. The molecule has 5 N–H and O–H groups in total. The molecule has 3 aliphatic heterocycles. The fourth-order valence-corrected chi connectivity index (χ4v) is 6.28. The Morgan fingerprint density at radius 1 is 0.976 bits per heavy atom. The highest BCUT2D eigenvalue weighted by Gasteiger charge is 2.47. The third kappa shape index (κ3) is 8.99. The quantitative estimate of drug-likeness (QED) is 0.279. The third-order valence-corrected chi connectivity index (χ3v) is 8.80. The maximum atomic E-state index is 13.0. The minimum atomic E-state index is -0.808. The topological polar surface area (TPSA) is 146 Å². The number of likely N-dealkylation sites (tertiary alicyclic amines) is 2. The van der Waals surface area contributed by atoms with E-state index in [0.717, 1.165) is 70.6 Å². The summed E-state index contributed by atoms with van der Waals surface area (Å²) in [6, 6.07) is 8.43. The van der Waals surface area contributed by atoms with Crippen molar-refractivity contribution in [1.82, 2.24) is 25.8 Å². The summed E-state index contributed by atoms with van der Waals surface area (Å²) in [5, 5.41) is 7.98. The van der Waals surface area contributed by atoms with Gasteiger partial charge in [0, 0.05) is 37.8 Å². The molecule has 2 atom stereocenters. The van der Waals surface area contributed by atoms with Crippen LogP contribution < -0.4 is 21.7 Å². The van der Waals surface area contributed by atoms with Gasteiger partial charge in [0.15, 0.2) is 0 Å². The summed E-state index contributed by atoms with van der Waals surface area (Å²) >= 11 is 0. The Balaban J connectivity index is 1.16. The molecule has 0 aromatic heterocycles. The number of piperidine rings is 1. The van der Waals surface area contributed by atoms with Crippen LogP contribution in [0.5, 0.6) is 0 Å². The van der Waals surface area contributed by atoms with Crippen LogP contribution in [0.4, 0.5) is 0 Å². The maximum Gasteiger partial charge on any atom is 0.243 e. The summed E-state index contributed by atoms with van der Waals surface area (Å²) in [6.07, 6.45) is 5.16. The summed E-state index contributed by atoms with van der Waals surface area (Å²) in [5.74, 6) is -1.30. The molecule has 1 aromatic rings. The second-order valence-electron chi connectivity index (χ2n) is 12.6. The van der Waals surface area contributed by atoms with Gasteiger partial charge in [-0.15, -0.1) is 0 Å². The first-order valence-corrected chi connectivity index (χ1v) is 15.4. The lowest BCUT2D eigenvalue weighted by Crippen LogP contribution is -2.64. The largest absolute Gasteiger partial charge is 0.381 e. The van der Waals surface area contributed by atoms with Crippen molar-refractivity contribution >= 4 is 23.6 Å². The zero-order chi connectivity index (χ0) is 30.1. The number of amides is 4. The Morgan fingerprint density at radius 3 is 2.26 bits per heavy atom. The molecule has 232 valence electrons. The van der Waals surface area contributed by atoms with E-state index in [1.165, 1.54) is 0 Å². The van der Waals surface area contributed by atoms with Crippen molar-refractivity contribution in [3.63, 3.8) is 0 Å². The van der Waals surface area contributed by atoms with Crippen LogP contribution >= 0.6 is 0 Å². The number of nitrogens with zero attached hydrogens (tertiary/aromatic N) is 2. The van der Waals surface area contributed by atoms with Crippen LogP contribution in [0.3, 0.4) is 0 Å². The monoisotopic (exact) mass is 584 g/mol. The van der Waals surface area contributed by atoms with Crippen LogP contribution in [-0.2, 0) is 30.3 Å². The van der Waals surface area contributed by atoms with Gasteiger partial charge in [0.05, 0.1) is 19.1 Å². The van der Waals surface area contributed by atoms with Gasteiger partial charge in [-0.2, -0.15) is 0 Å². The molecule has 1 spiro atoms. The summed E-state index contributed by atoms with van der Waals surface area (Å²) in [4.78, 5) is 55.2. The molecule has 11 heteroatoms. The number of hydrogen-bond donors (Lipinski definition) is 4. The van der Waals surface area contributed by atoms with E-state index in [4.69, 9.17) is 10.5 Å². The van der Waals surface area contributed by atoms with Crippen molar-refractivity contribution in [3.8, 4) is 0 Å². The fraction of sp³-hybridized carbons (Fsp3) is 0.677.